The SMILES string of the molecule is CCNC(=NCc1c(Cl)cccc1N1CCN(C)CC1)NC(C)(C)C. The summed E-state index contributed by atoms with van der Waals surface area (Å²) in [4.78, 5) is 9.55. The minimum Gasteiger partial charge on any atom is -0.369 e. The quantitative estimate of drug-likeness (QED) is 0.636. The summed E-state index contributed by atoms with van der Waals surface area (Å²) in [5, 5.41) is 7.52. The van der Waals surface area contributed by atoms with Crippen molar-refractivity contribution in [3.8, 4) is 0 Å². The fourth-order valence-corrected chi connectivity index (χ4v) is 3.10. The molecular formula is C19H32ClN5. The molecule has 1 heterocycles. The van der Waals surface area contributed by atoms with Gasteiger partial charge in [-0.1, -0.05) is 17.7 Å². The lowest BCUT2D eigenvalue weighted by Gasteiger charge is -2.35. The zero-order valence-electron chi connectivity index (χ0n) is 16.2. The standard InChI is InChI=1S/C19H32ClN5/c1-6-21-18(23-19(2,3)4)22-14-15-16(20)8-7-9-17(15)25-12-10-24(5)11-13-25/h7-9H,6,10-14H2,1-5H3,(H2,21,22,23). The molecule has 1 aliphatic rings. The van der Waals surface area contributed by atoms with Gasteiger partial charge in [0.25, 0.3) is 0 Å². The predicted molar refractivity (Wildman–Crippen MR) is 109 cm³/mol. The average Bonchev–Trinajstić information content (AvgIpc) is 2.53. The first-order valence-electron chi connectivity index (χ1n) is 9.07. The maximum absolute atomic E-state index is 6.52. The van der Waals surface area contributed by atoms with Gasteiger partial charge in [-0.15, -0.1) is 0 Å². The molecule has 2 rings (SSSR count). The Bertz CT molecular complexity index is 586. The molecule has 0 spiro atoms. The smallest absolute Gasteiger partial charge is 0.191 e. The summed E-state index contributed by atoms with van der Waals surface area (Å²) in [6.45, 7) is 14.0. The van der Waals surface area contributed by atoms with Gasteiger partial charge in [0.05, 0.1) is 6.54 Å². The Balaban J connectivity index is 2.21. The first-order chi connectivity index (χ1) is 11.8. The van der Waals surface area contributed by atoms with E-state index in [4.69, 9.17) is 16.6 Å². The van der Waals surface area contributed by atoms with Gasteiger partial charge in [-0.3, -0.25) is 0 Å². The number of nitrogens with zero attached hydrogens (tertiary/aromatic N) is 3. The highest BCUT2D eigenvalue weighted by molar-refractivity contribution is 6.31. The Morgan fingerprint density at radius 1 is 1.20 bits per heavy atom. The van der Waals surface area contributed by atoms with Crippen LogP contribution in [-0.2, 0) is 6.54 Å². The first kappa shape index (κ1) is 19.9. The van der Waals surface area contributed by atoms with Crippen LogP contribution in [0.1, 0.15) is 33.3 Å². The minimum absolute atomic E-state index is 0.0399. The van der Waals surface area contributed by atoms with Crippen molar-refractivity contribution in [3.05, 3.63) is 28.8 Å². The highest BCUT2D eigenvalue weighted by atomic mass is 35.5. The Labute approximate surface area is 157 Å². The number of hydrogen-bond acceptors (Lipinski definition) is 3. The molecule has 0 bridgehead atoms. The number of aliphatic imine (C=N–C) groups is 1. The van der Waals surface area contributed by atoms with Crippen molar-refractivity contribution >= 4 is 23.2 Å². The predicted octanol–water partition coefficient (Wildman–Crippen LogP) is 2.95. The fourth-order valence-electron chi connectivity index (χ4n) is 2.87. The molecule has 0 unspecified atom stereocenters. The maximum Gasteiger partial charge on any atom is 0.191 e. The molecule has 1 aromatic carbocycles. The number of rotatable bonds is 4. The third-order valence-electron chi connectivity index (χ3n) is 4.17. The summed E-state index contributed by atoms with van der Waals surface area (Å²) in [5.41, 5.74) is 2.26. The summed E-state index contributed by atoms with van der Waals surface area (Å²) in [6.07, 6.45) is 0. The van der Waals surface area contributed by atoms with Gasteiger partial charge in [0.1, 0.15) is 0 Å². The fraction of sp³-hybridized carbons (Fsp3) is 0.632. The highest BCUT2D eigenvalue weighted by Gasteiger charge is 2.19. The molecule has 1 aromatic rings. The van der Waals surface area contributed by atoms with Crippen molar-refractivity contribution in [2.45, 2.75) is 39.8 Å². The molecule has 6 heteroatoms. The second-order valence-electron chi connectivity index (χ2n) is 7.60. The van der Waals surface area contributed by atoms with Crippen molar-refractivity contribution in [1.29, 1.82) is 0 Å². The summed E-state index contributed by atoms with van der Waals surface area (Å²) >= 11 is 6.52. The minimum atomic E-state index is -0.0399. The number of likely N-dealkylation sites (N-methyl/N-ethyl adjacent to an activating group) is 1. The second kappa shape index (κ2) is 8.77. The Morgan fingerprint density at radius 3 is 2.48 bits per heavy atom. The number of halogens is 1. The number of hydrogen-bond donors (Lipinski definition) is 2. The number of anilines is 1. The van der Waals surface area contributed by atoms with Gasteiger partial charge >= 0.3 is 0 Å². The summed E-state index contributed by atoms with van der Waals surface area (Å²) in [6, 6.07) is 6.14. The molecule has 0 saturated carbocycles. The Kier molecular flexibility index (Phi) is 6.96. The first-order valence-corrected chi connectivity index (χ1v) is 9.45. The average molecular weight is 366 g/mol. The summed E-state index contributed by atoms with van der Waals surface area (Å²) < 4.78 is 0. The maximum atomic E-state index is 6.52. The molecule has 140 valence electrons. The van der Waals surface area contributed by atoms with Gasteiger partial charge in [-0.2, -0.15) is 0 Å². The molecule has 0 aliphatic carbocycles. The lowest BCUT2D eigenvalue weighted by Crippen LogP contribution is -2.47. The number of piperazine rings is 1. The van der Waals surface area contributed by atoms with E-state index in [1.807, 2.05) is 12.1 Å². The molecule has 0 aromatic heterocycles. The number of guanidine groups is 1. The van der Waals surface area contributed by atoms with Crippen molar-refractivity contribution < 1.29 is 0 Å². The van der Waals surface area contributed by atoms with Crippen molar-refractivity contribution in [1.82, 2.24) is 15.5 Å². The summed E-state index contributed by atoms with van der Waals surface area (Å²) in [7, 11) is 2.17. The summed E-state index contributed by atoms with van der Waals surface area (Å²) in [5.74, 6) is 0.819. The third kappa shape index (κ3) is 6.08. The van der Waals surface area contributed by atoms with Crippen LogP contribution in [0.3, 0.4) is 0 Å². The number of benzene rings is 1. The molecule has 0 amide bonds. The van der Waals surface area contributed by atoms with Crippen molar-refractivity contribution in [2.75, 3.05) is 44.7 Å². The Morgan fingerprint density at radius 2 is 1.88 bits per heavy atom. The van der Waals surface area contributed by atoms with Gasteiger partial charge in [0.15, 0.2) is 5.96 Å². The van der Waals surface area contributed by atoms with Crippen LogP contribution >= 0.6 is 11.6 Å². The molecule has 0 atom stereocenters. The van der Waals surface area contributed by atoms with Crippen molar-refractivity contribution in [2.24, 2.45) is 4.99 Å². The van der Waals surface area contributed by atoms with Crippen LogP contribution < -0.4 is 15.5 Å². The van der Waals surface area contributed by atoms with Crippen molar-refractivity contribution in [3.63, 3.8) is 0 Å². The van der Waals surface area contributed by atoms with Gasteiger partial charge in [-0.05, 0) is 46.9 Å². The highest BCUT2D eigenvalue weighted by Crippen LogP contribution is 2.29. The van der Waals surface area contributed by atoms with Crippen LogP contribution in [0.15, 0.2) is 23.2 Å². The second-order valence-corrected chi connectivity index (χ2v) is 8.01. The topological polar surface area (TPSA) is 42.9 Å². The molecule has 25 heavy (non-hydrogen) atoms. The van der Waals surface area contributed by atoms with Crippen LogP contribution in [0.25, 0.3) is 0 Å². The molecule has 1 aliphatic heterocycles. The van der Waals surface area contributed by atoms with Crippen LogP contribution in [0, 0.1) is 0 Å². The van der Waals surface area contributed by atoms with E-state index >= 15 is 0 Å². The largest absolute Gasteiger partial charge is 0.369 e. The Hall–Kier alpha value is -1.46. The zero-order valence-corrected chi connectivity index (χ0v) is 17.0. The lowest BCUT2D eigenvalue weighted by molar-refractivity contribution is 0.312. The van der Waals surface area contributed by atoms with Crippen LogP contribution in [0.5, 0.6) is 0 Å². The molecule has 0 radical (unpaired) electrons. The van der Waals surface area contributed by atoms with E-state index in [0.717, 1.165) is 49.3 Å². The monoisotopic (exact) mass is 365 g/mol. The third-order valence-corrected chi connectivity index (χ3v) is 4.53. The molecule has 2 N–H and O–H groups in total. The van der Waals surface area contributed by atoms with Gasteiger partial charge < -0.3 is 20.4 Å². The lowest BCUT2D eigenvalue weighted by atomic mass is 10.1. The van der Waals surface area contributed by atoms with Gasteiger partial charge in [0, 0.05) is 54.5 Å². The van der Waals surface area contributed by atoms with E-state index in [1.165, 1.54) is 5.69 Å². The van der Waals surface area contributed by atoms with E-state index < -0.39 is 0 Å². The zero-order chi connectivity index (χ0) is 18.4. The normalized spacial score (nSPS) is 16.9. The van der Waals surface area contributed by atoms with Gasteiger partial charge in [0.2, 0.25) is 0 Å². The molecule has 1 saturated heterocycles. The van der Waals surface area contributed by atoms with E-state index in [2.05, 4.69) is 61.2 Å². The van der Waals surface area contributed by atoms with Crippen LogP contribution in [0.2, 0.25) is 5.02 Å². The van der Waals surface area contributed by atoms with E-state index in [-0.39, 0.29) is 5.54 Å². The van der Waals surface area contributed by atoms with E-state index in [1.54, 1.807) is 0 Å². The number of nitrogens with one attached hydrogen (secondary N) is 2. The molecule has 1 fully saturated rings. The van der Waals surface area contributed by atoms with E-state index in [0.29, 0.717) is 6.54 Å². The van der Waals surface area contributed by atoms with Crippen LogP contribution in [0.4, 0.5) is 5.69 Å². The van der Waals surface area contributed by atoms with Crippen LogP contribution in [-0.4, -0.2) is 56.2 Å². The molecule has 5 nitrogen and oxygen atoms in total. The van der Waals surface area contributed by atoms with E-state index in [9.17, 15) is 0 Å². The molecular weight excluding hydrogens is 334 g/mol. The van der Waals surface area contributed by atoms with Gasteiger partial charge in [-0.25, -0.2) is 4.99 Å².